The summed E-state index contributed by atoms with van der Waals surface area (Å²) in [4.78, 5) is 27.4. The highest BCUT2D eigenvalue weighted by Crippen LogP contribution is 2.31. The molecule has 0 unspecified atom stereocenters. The Labute approximate surface area is 200 Å². The number of nitro benzene ring substituents is 1. The van der Waals surface area contributed by atoms with Crippen molar-refractivity contribution in [2.75, 3.05) is 19.0 Å². The fourth-order valence-electron chi connectivity index (χ4n) is 3.16. The number of methoxy groups -OCH3 is 1. The zero-order valence-corrected chi connectivity index (χ0v) is 19.7. The Kier molecular flexibility index (Phi) is 8.54. The first-order valence-corrected chi connectivity index (χ1v) is 11.6. The Bertz CT molecular complexity index is 1260. The lowest BCUT2D eigenvalue weighted by molar-refractivity contribution is -0.384. The molecule has 1 aromatic heterocycles. The summed E-state index contributed by atoms with van der Waals surface area (Å²) in [5, 5.41) is 23.3. The number of carbonyl (C=O) groups excluding carboxylic acids is 1. The van der Waals surface area contributed by atoms with Crippen LogP contribution in [-0.2, 0) is 4.79 Å². The monoisotopic (exact) mass is 480 g/mol. The van der Waals surface area contributed by atoms with E-state index in [9.17, 15) is 20.2 Å². The number of nitrogens with one attached hydrogen (secondary N) is 1. The maximum atomic E-state index is 12.6. The molecule has 0 spiro atoms. The maximum Gasteiger partial charge on any atom is 0.270 e. The van der Waals surface area contributed by atoms with Crippen LogP contribution in [0.3, 0.4) is 0 Å². The number of thiazole rings is 1. The molecule has 3 aromatic rings. The average molecular weight is 481 g/mol. The minimum Gasteiger partial charge on any atom is -0.493 e. The molecule has 0 atom stereocenters. The van der Waals surface area contributed by atoms with Crippen molar-refractivity contribution < 1.29 is 19.2 Å². The number of nitro groups is 1. The highest BCUT2D eigenvalue weighted by molar-refractivity contribution is 7.22. The number of nitrogens with zero attached hydrogens (tertiary/aromatic N) is 3. The van der Waals surface area contributed by atoms with Gasteiger partial charge in [-0.2, -0.15) is 5.26 Å². The number of carbonyl (C=O) groups is 1. The van der Waals surface area contributed by atoms with Crippen LogP contribution >= 0.6 is 11.3 Å². The Balaban J connectivity index is 1.72. The van der Waals surface area contributed by atoms with Gasteiger partial charge in [-0.1, -0.05) is 43.6 Å². The van der Waals surface area contributed by atoms with Crippen molar-refractivity contribution >= 4 is 44.4 Å². The highest BCUT2D eigenvalue weighted by Gasteiger charge is 2.15. The van der Waals surface area contributed by atoms with Crippen molar-refractivity contribution in [2.45, 2.75) is 32.6 Å². The van der Waals surface area contributed by atoms with E-state index in [2.05, 4.69) is 17.2 Å². The van der Waals surface area contributed by atoms with Gasteiger partial charge in [0.15, 0.2) is 16.6 Å². The van der Waals surface area contributed by atoms with Crippen LogP contribution in [0.1, 0.15) is 38.2 Å². The average Bonchev–Trinajstić information content (AvgIpc) is 3.24. The van der Waals surface area contributed by atoms with E-state index in [1.807, 2.05) is 6.07 Å². The number of hydrogen-bond acceptors (Lipinski definition) is 8. The molecule has 0 bridgehead atoms. The number of anilines is 1. The van der Waals surface area contributed by atoms with Crippen LogP contribution in [0.15, 0.2) is 42.0 Å². The molecule has 9 nitrogen and oxygen atoms in total. The number of aromatic nitrogens is 1. The third-order valence-corrected chi connectivity index (χ3v) is 5.86. The molecule has 34 heavy (non-hydrogen) atoms. The molecule has 0 fully saturated rings. The fourth-order valence-corrected chi connectivity index (χ4v) is 4.06. The quantitative estimate of drug-likeness (QED) is 0.122. The number of hydrogen-bond donors (Lipinski definition) is 1. The number of unbranched alkanes of at least 4 members (excludes halogenated alkanes) is 3. The first kappa shape index (κ1) is 24.7. The summed E-state index contributed by atoms with van der Waals surface area (Å²) in [7, 11) is 1.53. The molecule has 0 aliphatic rings. The third-order valence-electron chi connectivity index (χ3n) is 4.92. The normalized spacial score (nSPS) is 11.1. The zero-order valence-electron chi connectivity index (χ0n) is 18.9. The Morgan fingerprint density at radius 1 is 1.24 bits per heavy atom. The van der Waals surface area contributed by atoms with E-state index in [4.69, 9.17) is 9.47 Å². The van der Waals surface area contributed by atoms with E-state index < -0.39 is 10.8 Å². The maximum absolute atomic E-state index is 12.6. The van der Waals surface area contributed by atoms with Crippen LogP contribution in [-0.4, -0.2) is 29.5 Å². The van der Waals surface area contributed by atoms with Crippen LogP contribution < -0.4 is 14.8 Å². The second-order valence-corrected chi connectivity index (χ2v) is 8.40. The van der Waals surface area contributed by atoms with E-state index in [1.165, 1.54) is 37.8 Å². The van der Waals surface area contributed by atoms with Crippen LogP contribution in [0, 0.1) is 21.4 Å². The van der Waals surface area contributed by atoms with Gasteiger partial charge in [-0.15, -0.1) is 0 Å². The van der Waals surface area contributed by atoms with Gasteiger partial charge in [-0.3, -0.25) is 20.2 Å². The van der Waals surface area contributed by atoms with E-state index in [1.54, 1.807) is 18.2 Å². The summed E-state index contributed by atoms with van der Waals surface area (Å²) in [6, 6.07) is 11.3. The molecular weight excluding hydrogens is 456 g/mol. The standard InChI is InChI=1S/C24H24N4O5S/c1-3-4-5-6-11-33-20-10-7-16(13-21(20)32-2)12-17(15-25)23(29)27-24-26-19-9-8-18(28(30)31)14-22(19)34-24/h7-10,12-14H,3-6,11H2,1-2H3,(H,26,27,29)/b17-12+. The molecule has 0 saturated heterocycles. The summed E-state index contributed by atoms with van der Waals surface area (Å²) < 4.78 is 11.8. The molecule has 3 rings (SSSR count). The number of nitriles is 1. The SMILES string of the molecule is CCCCCCOc1ccc(/C=C(\C#N)C(=O)Nc2nc3ccc([N+](=O)[O-])cc3s2)cc1OC. The second kappa shape index (κ2) is 11.8. The molecule has 0 aliphatic heterocycles. The third kappa shape index (κ3) is 6.30. The van der Waals surface area contributed by atoms with Gasteiger partial charge in [0, 0.05) is 12.1 Å². The van der Waals surface area contributed by atoms with Crippen LogP contribution in [0.2, 0.25) is 0 Å². The Morgan fingerprint density at radius 3 is 2.76 bits per heavy atom. The van der Waals surface area contributed by atoms with Gasteiger partial charge >= 0.3 is 0 Å². The molecule has 1 heterocycles. The van der Waals surface area contributed by atoms with Crippen molar-refractivity contribution in [3.63, 3.8) is 0 Å². The summed E-state index contributed by atoms with van der Waals surface area (Å²) in [5.74, 6) is 0.476. The summed E-state index contributed by atoms with van der Waals surface area (Å²) >= 11 is 1.09. The molecule has 176 valence electrons. The number of ether oxygens (including phenoxy) is 2. The predicted octanol–water partition coefficient (Wildman–Crippen LogP) is 5.72. The van der Waals surface area contributed by atoms with Crippen molar-refractivity contribution in [1.29, 1.82) is 5.26 Å². The van der Waals surface area contributed by atoms with Crippen LogP contribution in [0.5, 0.6) is 11.5 Å². The van der Waals surface area contributed by atoms with Crippen molar-refractivity contribution in [2.24, 2.45) is 0 Å². The molecule has 0 aliphatic carbocycles. The lowest BCUT2D eigenvalue weighted by atomic mass is 10.1. The summed E-state index contributed by atoms with van der Waals surface area (Å²) in [5.41, 5.74) is 0.930. The second-order valence-electron chi connectivity index (χ2n) is 7.37. The van der Waals surface area contributed by atoms with Gasteiger partial charge < -0.3 is 9.47 Å². The summed E-state index contributed by atoms with van der Waals surface area (Å²) in [6.45, 7) is 2.74. The van der Waals surface area contributed by atoms with Gasteiger partial charge in [0.1, 0.15) is 11.6 Å². The van der Waals surface area contributed by atoms with E-state index in [-0.39, 0.29) is 16.4 Å². The highest BCUT2D eigenvalue weighted by atomic mass is 32.1. The molecule has 0 radical (unpaired) electrons. The Morgan fingerprint density at radius 2 is 2.06 bits per heavy atom. The number of fused-ring (bicyclic) bond motifs is 1. The van der Waals surface area contributed by atoms with Crippen molar-refractivity contribution in [1.82, 2.24) is 4.98 Å². The van der Waals surface area contributed by atoms with Crippen LogP contribution in [0.25, 0.3) is 16.3 Å². The fraction of sp³-hybridized carbons (Fsp3) is 0.292. The minimum atomic E-state index is -0.633. The smallest absolute Gasteiger partial charge is 0.270 e. The Hall–Kier alpha value is -3.97. The van der Waals surface area contributed by atoms with Gasteiger partial charge in [0.25, 0.3) is 11.6 Å². The molecule has 10 heteroatoms. The van der Waals surface area contributed by atoms with Gasteiger partial charge in [0.05, 0.1) is 28.9 Å². The molecule has 0 saturated carbocycles. The van der Waals surface area contributed by atoms with Crippen molar-refractivity contribution in [3.8, 4) is 17.6 Å². The van der Waals surface area contributed by atoms with Gasteiger partial charge in [0.2, 0.25) is 0 Å². The molecule has 1 N–H and O–H groups in total. The van der Waals surface area contributed by atoms with E-state index in [0.717, 1.165) is 30.6 Å². The predicted molar refractivity (Wildman–Crippen MR) is 131 cm³/mol. The summed E-state index contributed by atoms with van der Waals surface area (Å²) in [6.07, 6.45) is 5.82. The van der Waals surface area contributed by atoms with Crippen LogP contribution in [0.4, 0.5) is 10.8 Å². The number of amides is 1. The topological polar surface area (TPSA) is 127 Å². The van der Waals surface area contributed by atoms with Gasteiger partial charge in [-0.05, 0) is 36.3 Å². The number of rotatable bonds is 11. The number of benzene rings is 2. The van der Waals surface area contributed by atoms with Gasteiger partial charge in [-0.25, -0.2) is 4.98 Å². The molecule has 2 aromatic carbocycles. The van der Waals surface area contributed by atoms with Crippen molar-refractivity contribution in [3.05, 3.63) is 57.6 Å². The lowest BCUT2D eigenvalue weighted by Gasteiger charge is -2.11. The minimum absolute atomic E-state index is 0.0611. The van der Waals surface area contributed by atoms with E-state index in [0.29, 0.717) is 33.9 Å². The number of non-ortho nitro benzene ring substituents is 1. The zero-order chi connectivity index (χ0) is 24.5. The first-order valence-electron chi connectivity index (χ1n) is 10.7. The van der Waals surface area contributed by atoms with E-state index >= 15 is 0 Å². The molecular formula is C24H24N4O5S. The lowest BCUT2D eigenvalue weighted by Crippen LogP contribution is -2.13. The molecule has 1 amide bonds. The first-order chi connectivity index (χ1) is 16.4. The largest absolute Gasteiger partial charge is 0.493 e.